The van der Waals surface area contributed by atoms with Crippen LogP contribution in [0, 0.1) is 5.41 Å². The Hall–Kier alpha value is -0.920. The lowest BCUT2D eigenvalue weighted by Gasteiger charge is -2.33. The zero-order chi connectivity index (χ0) is 11.5. The highest BCUT2D eigenvalue weighted by Crippen LogP contribution is 2.42. The van der Waals surface area contributed by atoms with E-state index in [9.17, 15) is 8.78 Å². The second-order valence-corrected chi connectivity index (χ2v) is 4.49. The predicted octanol–water partition coefficient (Wildman–Crippen LogP) is 4.47. The van der Waals surface area contributed by atoms with Crippen molar-refractivity contribution >= 4 is 0 Å². The fourth-order valence-electron chi connectivity index (χ4n) is 2.03. The van der Waals surface area contributed by atoms with Crippen LogP contribution in [0.2, 0.25) is 0 Å². The lowest BCUT2D eigenvalue weighted by molar-refractivity contribution is -0.000350. The molecule has 0 nitrogen and oxygen atoms in total. The highest BCUT2D eigenvalue weighted by molar-refractivity contribution is 5.21. The van der Waals surface area contributed by atoms with E-state index in [1.54, 1.807) is 13.8 Å². The van der Waals surface area contributed by atoms with Gasteiger partial charge in [0.15, 0.2) is 0 Å². The Morgan fingerprint density at radius 2 is 1.67 bits per heavy atom. The Bertz CT molecular complexity index is 291. The van der Waals surface area contributed by atoms with E-state index in [0.29, 0.717) is 0 Å². The average Bonchev–Trinajstić information content (AvgIpc) is 2.19. The van der Waals surface area contributed by atoms with Gasteiger partial charge in [-0.1, -0.05) is 51.1 Å². The largest absolute Gasteiger partial charge is 0.244 e. The molecule has 84 valence electrons. The molecule has 0 aliphatic heterocycles. The number of benzene rings is 1. The standard InChI is InChI=1S/C13H18F2/c1-4-11(13(2,3)12(14)15)10-8-6-5-7-9-10/h5-9,11-12H,4H2,1-3H3. The van der Waals surface area contributed by atoms with Crippen molar-refractivity contribution in [1.29, 1.82) is 0 Å². The topological polar surface area (TPSA) is 0 Å². The Labute approximate surface area is 90.3 Å². The smallest absolute Gasteiger partial charge is 0.210 e. The van der Waals surface area contributed by atoms with Gasteiger partial charge in [0.1, 0.15) is 0 Å². The van der Waals surface area contributed by atoms with Gasteiger partial charge in [0, 0.05) is 5.41 Å². The molecule has 0 saturated carbocycles. The molecule has 2 heteroatoms. The first-order chi connectivity index (χ1) is 7.00. The summed E-state index contributed by atoms with van der Waals surface area (Å²) in [6.45, 7) is 5.24. The van der Waals surface area contributed by atoms with E-state index >= 15 is 0 Å². The molecule has 0 saturated heterocycles. The third kappa shape index (κ3) is 2.55. The zero-order valence-electron chi connectivity index (χ0n) is 9.50. The summed E-state index contributed by atoms with van der Waals surface area (Å²) in [4.78, 5) is 0. The summed E-state index contributed by atoms with van der Waals surface area (Å²) in [5.41, 5.74) is 0.0427. The van der Waals surface area contributed by atoms with Crippen molar-refractivity contribution in [3.05, 3.63) is 35.9 Å². The van der Waals surface area contributed by atoms with Crippen LogP contribution in [0.4, 0.5) is 8.78 Å². The fourth-order valence-corrected chi connectivity index (χ4v) is 2.03. The predicted molar refractivity (Wildman–Crippen MR) is 59.3 cm³/mol. The third-order valence-electron chi connectivity index (χ3n) is 3.07. The minimum atomic E-state index is -2.29. The summed E-state index contributed by atoms with van der Waals surface area (Å²) in [5.74, 6) is -0.0845. The maximum atomic E-state index is 12.9. The second-order valence-electron chi connectivity index (χ2n) is 4.49. The molecular formula is C13H18F2. The Morgan fingerprint density at radius 1 is 1.13 bits per heavy atom. The summed E-state index contributed by atoms with van der Waals surface area (Å²) in [7, 11) is 0. The van der Waals surface area contributed by atoms with E-state index < -0.39 is 11.8 Å². The first kappa shape index (κ1) is 12.2. The average molecular weight is 212 g/mol. The van der Waals surface area contributed by atoms with Crippen LogP contribution in [0.1, 0.15) is 38.7 Å². The van der Waals surface area contributed by atoms with Crippen molar-refractivity contribution in [1.82, 2.24) is 0 Å². The normalized spacial score (nSPS) is 14.3. The third-order valence-corrected chi connectivity index (χ3v) is 3.07. The second kappa shape index (κ2) is 4.73. The lowest BCUT2D eigenvalue weighted by Crippen LogP contribution is -2.29. The van der Waals surface area contributed by atoms with Gasteiger partial charge >= 0.3 is 0 Å². The Balaban J connectivity index is 2.99. The SMILES string of the molecule is CCC(c1ccccc1)C(C)(C)C(F)F. The van der Waals surface area contributed by atoms with Crippen molar-refractivity contribution in [3.8, 4) is 0 Å². The molecule has 0 aliphatic rings. The van der Waals surface area contributed by atoms with E-state index in [-0.39, 0.29) is 5.92 Å². The van der Waals surface area contributed by atoms with Gasteiger partial charge < -0.3 is 0 Å². The Kier molecular flexibility index (Phi) is 3.83. The minimum Gasteiger partial charge on any atom is -0.210 e. The van der Waals surface area contributed by atoms with Crippen LogP contribution in [0.25, 0.3) is 0 Å². The van der Waals surface area contributed by atoms with Crippen LogP contribution in [0.3, 0.4) is 0 Å². The maximum Gasteiger partial charge on any atom is 0.244 e. The highest BCUT2D eigenvalue weighted by Gasteiger charge is 2.37. The molecule has 0 amide bonds. The molecule has 0 aromatic heterocycles. The highest BCUT2D eigenvalue weighted by atomic mass is 19.3. The number of hydrogen-bond donors (Lipinski definition) is 0. The molecule has 0 fully saturated rings. The first-order valence-electron chi connectivity index (χ1n) is 5.33. The van der Waals surface area contributed by atoms with Crippen molar-refractivity contribution < 1.29 is 8.78 Å². The molecular weight excluding hydrogens is 194 g/mol. The summed E-state index contributed by atoms with van der Waals surface area (Å²) in [6, 6.07) is 9.57. The number of rotatable bonds is 4. The van der Waals surface area contributed by atoms with Crippen LogP contribution in [0.15, 0.2) is 30.3 Å². The number of alkyl halides is 2. The van der Waals surface area contributed by atoms with Gasteiger partial charge in [0.05, 0.1) is 0 Å². The summed E-state index contributed by atoms with van der Waals surface area (Å²) in [6.07, 6.45) is -1.55. The van der Waals surface area contributed by atoms with Crippen LogP contribution in [0.5, 0.6) is 0 Å². The lowest BCUT2D eigenvalue weighted by atomic mass is 9.74. The summed E-state index contributed by atoms with van der Waals surface area (Å²) >= 11 is 0. The molecule has 1 aromatic carbocycles. The van der Waals surface area contributed by atoms with Gasteiger partial charge in [-0.05, 0) is 17.9 Å². The van der Waals surface area contributed by atoms with Gasteiger partial charge in [-0.3, -0.25) is 0 Å². The summed E-state index contributed by atoms with van der Waals surface area (Å²) < 4.78 is 25.9. The molecule has 0 aliphatic carbocycles. The summed E-state index contributed by atoms with van der Waals surface area (Å²) in [5, 5.41) is 0. The number of hydrogen-bond acceptors (Lipinski definition) is 0. The molecule has 1 aromatic rings. The van der Waals surface area contributed by atoms with Gasteiger partial charge in [-0.2, -0.15) is 0 Å². The van der Waals surface area contributed by atoms with Gasteiger partial charge in [0.25, 0.3) is 0 Å². The molecule has 0 heterocycles. The molecule has 0 spiro atoms. The molecule has 1 rings (SSSR count). The van der Waals surface area contributed by atoms with Crippen molar-refractivity contribution in [3.63, 3.8) is 0 Å². The van der Waals surface area contributed by atoms with Crippen LogP contribution in [-0.4, -0.2) is 6.43 Å². The van der Waals surface area contributed by atoms with Gasteiger partial charge in [-0.25, -0.2) is 8.78 Å². The molecule has 15 heavy (non-hydrogen) atoms. The number of halogens is 2. The van der Waals surface area contributed by atoms with E-state index in [2.05, 4.69) is 0 Å². The van der Waals surface area contributed by atoms with Gasteiger partial charge in [-0.15, -0.1) is 0 Å². The Morgan fingerprint density at radius 3 is 2.07 bits per heavy atom. The van der Waals surface area contributed by atoms with E-state index in [1.165, 1.54) is 0 Å². The van der Waals surface area contributed by atoms with E-state index in [1.807, 2.05) is 37.3 Å². The van der Waals surface area contributed by atoms with Gasteiger partial charge in [0.2, 0.25) is 6.43 Å². The first-order valence-corrected chi connectivity index (χ1v) is 5.33. The minimum absolute atomic E-state index is 0.0845. The van der Waals surface area contributed by atoms with Crippen LogP contribution >= 0.6 is 0 Å². The molecule has 0 N–H and O–H groups in total. The maximum absolute atomic E-state index is 12.9. The monoisotopic (exact) mass is 212 g/mol. The van der Waals surface area contributed by atoms with Crippen LogP contribution in [-0.2, 0) is 0 Å². The zero-order valence-corrected chi connectivity index (χ0v) is 9.50. The van der Waals surface area contributed by atoms with Crippen molar-refractivity contribution in [2.75, 3.05) is 0 Å². The molecule has 1 atom stereocenters. The fraction of sp³-hybridized carbons (Fsp3) is 0.538. The van der Waals surface area contributed by atoms with Crippen molar-refractivity contribution in [2.45, 2.75) is 39.5 Å². The molecule has 1 unspecified atom stereocenters. The molecule has 0 bridgehead atoms. The molecule has 0 radical (unpaired) electrons. The quantitative estimate of drug-likeness (QED) is 0.690. The van der Waals surface area contributed by atoms with Crippen molar-refractivity contribution in [2.24, 2.45) is 5.41 Å². The van der Waals surface area contributed by atoms with E-state index in [4.69, 9.17) is 0 Å². The van der Waals surface area contributed by atoms with Crippen LogP contribution < -0.4 is 0 Å². The van der Waals surface area contributed by atoms with E-state index in [0.717, 1.165) is 12.0 Å².